The molecular formula is C15H21ClN2O. The molecule has 1 aromatic carbocycles. The predicted molar refractivity (Wildman–Crippen MR) is 79.4 cm³/mol. The van der Waals surface area contributed by atoms with Gasteiger partial charge in [0.05, 0.1) is 10.7 Å². The molecule has 1 aromatic rings. The molecule has 2 rings (SSSR count). The number of anilines is 1. The highest BCUT2D eigenvalue weighted by atomic mass is 35.5. The van der Waals surface area contributed by atoms with Gasteiger partial charge in [-0.2, -0.15) is 0 Å². The molecule has 0 unspecified atom stereocenters. The average Bonchev–Trinajstić information content (AvgIpc) is 2.89. The van der Waals surface area contributed by atoms with Crippen LogP contribution in [-0.4, -0.2) is 12.5 Å². The second kappa shape index (κ2) is 5.83. The number of hydrogen-bond donors (Lipinski definition) is 2. The molecule has 0 saturated heterocycles. The number of benzene rings is 1. The molecule has 0 aliphatic heterocycles. The first-order valence-electron chi connectivity index (χ1n) is 6.89. The van der Waals surface area contributed by atoms with E-state index in [0.717, 1.165) is 13.0 Å². The van der Waals surface area contributed by atoms with Crippen LogP contribution < -0.4 is 11.1 Å². The maximum Gasteiger partial charge on any atom is 0.251 e. The van der Waals surface area contributed by atoms with Crippen molar-refractivity contribution in [3.8, 4) is 0 Å². The predicted octanol–water partition coefficient (Wildman–Crippen LogP) is 3.62. The van der Waals surface area contributed by atoms with Gasteiger partial charge in [0.1, 0.15) is 0 Å². The number of hydrogen-bond acceptors (Lipinski definition) is 2. The highest BCUT2D eigenvalue weighted by Crippen LogP contribution is 2.40. The molecule has 1 saturated carbocycles. The second-order valence-electron chi connectivity index (χ2n) is 5.48. The molecule has 3 nitrogen and oxygen atoms in total. The topological polar surface area (TPSA) is 55.1 Å². The molecule has 1 amide bonds. The summed E-state index contributed by atoms with van der Waals surface area (Å²) in [5, 5.41) is 3.47. The molecule has 104 valence electrons. The van der Waals surface area contributed by atoms with Crippen LogP contribution in [0.4, 0.5) is 5.69 Å². The smallest absolute Gasteiger partial charge is 0.251 e. The number of nitrogens with two attached hydrogens (primary N) is 1. The monoisotopic (exact) mass is 280 g/mol. The van der Waals surface area contributed by atoms with Crippen molar-refractivity contribution in [2.75, 3.05) is 12.3 Å². The van der Waals surface area contributed by atoms with Gasteiger partial charge in [-0.15, -0.1) is 0 Å². The molecule has 0 aromatic heterocycles. The maximum absolute atomic E-state index is 12.1. The number of carbonyl (C=O) groups excluding carboxylic acids is 1. The molecule has 1 aliphatic carbocycles. The van der Waals surface area contributed by atoms with Gasteiger partial charge in [-0.05, 0) is 42.9 Å². The second-order valence-corrected chi connectivity index (χ2v) is 5.89. The molecule has 19 heavy (non-hydrogen) atoms. The molecule has 0 spiro atoms. The molecule has 4 heteroatoms. The number of nitrogens with one attached hydrogen (secondary N) is 1. The van der Waals surface area contributed by atoms with Crippen molar-refractivity contribution in [1.82, 2.24) is 5.32 Å². The van der Waals surface area contributed by atoms with Crippen molar-refractivity contribution in [2.24, 2.45) is 5.41 Å². The number of carbonyl (C=O) groups is 1. The average molecular weight is 281 g/mol. The van der Waals surface area contributed by atoms with Gasteiger partial charge < -0.3 is 11.1 Å². The lowest BCUT2D eigenvalue weighted by molar-refractivity contribution is 0.0929. The Morgan fingerprint density at radius 2 is 2.11 bits per heavy atom. The van der Waals surface area contributed by atoms with Crippen LogP contribution in [0.3, 0.4) is 0 Å². The molecule has 3 N–H and O–H groups in total. The van der Waals surface area contributed by atoms with Gasteiger partial charge in [0, 0.05) is 12.1 Å². The van der Waals surface area contributed by atoms with Crippen LogP contribution in [-0.2, 0) is 0 Å². The molecule has 1 aliphatic rings. The SMILES string of the molecule is CCC1(CNC(=O)c2ccc(N)c(Cl)c2)CCCC1. The Morgan fingerprint density at radius 3 is 2.68 bits per heavy atom. The summed E-state index contributed by atoms with van der Waals surface area (Å²) in [6.07, 6.45) is 6.10. The van der Waals surface area contributed by atoms with Gasteiger partial charge >= 0.3 is 0 Å². The molecule has 0 bridgehead atoms. The first-order valence-corrected chi connectivity index (χ1v) is 7.27. The van der Waals surface area contributed by atoms with E-state index in [1.165, 1.54) is 25.7 Å². The molecular weight excluding hydrogens is 260 g/mol. The quantitative estimate of drug-likeness (QED) is 0.828. The number of amides is 1. The normalized spacial score (nSPS) is 17.4. The van der Waals surface area contributed by atoms with Crippen LogP contribution in [0.2, 0.25) is 5.02 Å². The Balaban J connectivity index is 1.99. The minimum atomic E-state index is -0.0679. The van der Waals surface area contributed by atoms with E-state index >= 15 is 0 Å². The standard InChI is InChI=1S/C15H21ClN2O/c1-2-15(7-3-4-8-15)10-18-14(19)11-5-6-13(17)12(16)9-11/h5-6,9H,2-4,7-8,10,17H2,1H3,(H,18,19). The Labute approximate surface area is 119 Å². The largest absolute Gasteiger partial charge is 0.398 e. The summed E-state index contributed by atoms with van der Waals surface area (Å²) in [4.78, 5) is 12.1. The van der Waals surface area contributed by atoms with Gasteiger partial charge in [0.15, 0.2) is 0 Å². The Hall–Kier alpha value is -1.22. The van der Waals surface area contributed by atoms with E-state index in [1.807, 2.05) is 0 Å². The molecule has 0 radical (unpaired) electrons. The van der Waals surface area contributed by atoms with E-state index in [-0.39, 0.29) is 5.91 Å². The van der Waals surface area contributed by atoms with Gasteiger partial charge in [0.25, 0.3) is 5.91 Å². The number of rotatable bonds is 4. The summed E-state index contributed by atoms with van der Waals surface area (Å²) in [5.74, 6) is -0.0679. The van der Waals surface area contributed by atoms with Crippen LogP contribution in [0.15, 0.2) is 18.2 Å². The highest BCUT2D eigenvalue weighted by molar-refractivity contribution is 6.33. The van der Waals surface area contributed by atoms with Crippen LogP contribution in [0.5, 0.6) is 0 Å². The fraction of sp³-hybridized carbons (Fsp3) is 0.533. The fourth-order valence-corrected chi connectivity index (χ4v) is 3.00. The number of halogens is 1. The molecule has 0 atom stereocenters. The highest BCUT2D eigenvalue weighted by Gasteiger charge is 2.32. The molecule has 1 fully saturated rings. The number of nitrogen functional groups attached to an aromatic ring is 1. The molecule has 0 heterocycles. The maximum atomic E-state index is 12.1. The van der Waals surface area contributed by atoms with Gasteiger partial charge in [0.2, 0.25) is 0 Å². The van der Waals surface area contributed by atoms with E-state index in [1.54, 1.807) is 18.2 Å². The lowest BCUT2D eigenvalue weighted by Crippen LogP contribution is -2.35. The zero-order chi connectivity index (χ0) is 13.9. The fourth-order valence-electron chi connectivity index (χ4n) is 2.82. The summed E-state index contributed by atoms with van der Waals surface area (Å²) in [6.45, 7) is 2.96. The van der Waals surface area contributed by atoms with E-state index in [2.05, 4.69) is 12.2 Å². The van der Waals surface area contributed by atoms with E-state index in [9.17, 15) is 4.79 Å². The minimum absolute atomic E-state index is 0.0679. The summed E-state index contributed by atoms with van der Waals surface area (Å²) in [6, 6.07) is 5.01. The first kappa shape index (κ1) is 14.2. The van der Waals surface area contributed by atoms with Crippen molar-refractivity contribution in [1.29, 1.82) is 0 Å². The summed E-state index contributed by atoms with van der Waals surface area (Å²) in [7, 11) is 0. The van der Waals surface area contributed by atoms with E-state index in [4.69, 9.17) is 17.3 Å². The Kier molecular flexibility index (Phi) is 4.35. The summed E-state index contributed by atoms with van der Waals surface area (Å²) in [5.41, 5.74) is 7.01. The van der Waals surface area contributed by atoms with E-state index < -0.39 is 0 Å². The van der Waals surface area contributed by atoms with Crippen molar-refractivity contribution in [3.63, 3.8) is 0 Å². The van der Waals surface area contributed by atoms with Crippen molar-refractivity contribution in [3.05, 3.63) is 28.8 Å². The third kappa shape index (κ3) is 3.21. The zero-order valence-corrected chi connectivity index (χ0v) is 12.1. The van der Waals surface area contributed by atoms with E-state index in [0.29, 0.717) is 21.7 Å². The van der Waals surface area contributed by atoms with Crippen LogP contribution in [0.1, 0.15) is 49.4 Å². The van der Waals surface area contributed by atoms with Crippen molar-refractivity contribution >= 4 is 23.2 Å². The third-order valence-electron chi connectivity index (χ3n) is 4.30. The Bertz CT molecular complexity index is 467. The van der Waals surface area contributed by atoms with Crippen molar-refractivity contribution in [2.45, 2.75) is 39.0 Å². The van der Waals surface area contributed by atoms with Crippen LogP contribution in [0, 0.1) is 5.41 Å². The van der Waals surface area contributed by atoms with Gasteiger partial charge in [-0.1, -0.05) is 31.4 Å². The lowest BCUT2D eigenvalue weighted by Gasteiger charge is -2.27. The summed E-state index contributed by atoms with van der Waals surface area (Å²) >= 11 is 5.93. The van der Waals surface area contributed by atoms with Crippen LogP contribution >= 0.6 is 11.6 Å². The third-order valence-corrected chi connectivity index (χ3v) is 4.63. The lowest BCUT2D eigenvalue weighted by atomic mass is 9.83. The summed E-state index contributed by atoms with van der Waals surface area (Å²) < 4.78 is 0. The first-order chi connectivity index (χ1) is 9.06. The zero-order valence-electron chi connectivity index (χ0n) is 11.3. The van der Waals surface area contributed by atoms with Gasteiger partial charge in [-0.3, -0.25) is 4.79 Å². The van der Waals surface area contributed by atoms with Crippen molar-refractivity contribution < 1.29 is 4.79 Å². The van der Waals surface area contributed by atoms with Crippen LogP contribution in [0.25, 0.3) is 0 Å². The Morgan fingerprint density at radius 1 is 1.42 bits per heavy atom. The van der Waals surface area contributed by atoms with Gasteiger partial charge in [-0.25, -0.2) is 0 Å². The minimum Gasteiger partial charge on any atom is -0.398 e.